The molecule has 3 aliphatic heterocycles. The first-order chi connectivity index (χ1) is 13.1. The number of hydrogen-bond acceptors (Lipinski definition) is 5. The van der Waals surface area contributed by atoms with Crippen LogP contribution in [0.4, 0.5) is 4.79 Å². The van der Waals surface area contributed by atoms with Gasteiger partial charge in [0, 0.05) is 13.2 Å². The van der Waals surface area contributed by atoms with Gasteiger partial charge in [-0.05, 0) is 30.5 Å². The Balaban J connectivity index is 1.62. The second kappa shape index (κ2) is 7.11. The Morgan fingerprint density at radius 3 is 2.74 bits per heavy atom. The molecule has 2 atom stereocenters. The molecule has 8 heteroatoms. The Bertz CT molecular complexity index is 801. The van der Waals surface area contributed by atoms with Crippen LogP contribution >= 0.6 is 0 Å². The highest BCUT2D eigenvalue weighted by Gasteiger charge is 2.41. The Morgan fingerprint density at radius 2 is 2.04 bits per heavy atom. The first kappa shape index (κ1) is 17.7. The van der Waals surface area contributed by atoms with Gasteiger partial charge in [-0.15, -0.1) is 0 Å². The topological polar surface area (TPSA) is 89.1 Å². The lowest BCUT2D eigenvalue weighted by Gasteiger charge is -2.26. The number of benzene rings is 1. The summed E-state index contributed by atoms with van der Waals surface area (Å²) in [7, 11) is 3.12. The molecule has 1 fully saturated rings. The number of hydrogen-bond donors (Lipinski definition) is 2. The summed E-state index contributed by atoms with van der Waals surface area (Å²) in [5.41, 5.74) is 1.99. The minimum atomic E-state index is -0.532. The maximum atomic E-state index is 13.1. The van der Waals surface area contributed by atoms with Gasteiger partial charge < -0.3 is 29.7 Å². The van der Waals surface area contributed by atoms with Gasteiger partial charge in [0.15, 0.2) is 11.5 Å². The second-order valence-corrected chi connectivity index (χ2v) is 6.86. The summed E-state index contributed by atoms with van der Waals surface area (Å²) in [6.45, 7) is 1.68. The molecule has 3 amide bonds. The minimum Gasteiger partial charge on any atom is -0.493 e. The molecule has 4 rings (SSSR count). The average molecular weight is 373 g/mol. The summed E-state index contributed by atoms with van der Waals surface area (Å²) >= 11 is 0. The van der Waals surface area contributed by atoms with Crippen LogP contribution in [0.2, 0.25) is 0 Å². The van der Waals surface area contributed by atoms with E-state index in [4.69, 9.17) is 14.2 Å². The fraction of sp³-hybridized carbons (Fsp3) is 0.474. The Morgan fingerprint density at radius 1 is 1.22 bits per heavy atom. The van der Waals surface area contributed by atoms with Crippen molar-refractivity contribution in [2.45, 2.75) is 25.0 Å². The molecular formula is C19H23N3O5. The number of rotatable bonds is 5. The highest BCUT2D eigenvalue weighted by Crippen LogP contribution is 2.36. The zero-order valence-corrected chi connectivity index (χ0v) is 15.4. The summed E-state index contributed by atoms with van der Waals surface area (Å²) in [6.07, 6.45) is 2.04. The quantitative estimate of drug-likeness (QED) is 0.813. The standard InChI is InChI=1S/C19H23N3O5/c1-25-14-6-5-11(8-15(14)26-2)17-16-13(20-19(24)21-17)10-22(18(16)23)9-12-4-3-7-27-12/h5-6,8,12,17H,3-4,7,9-10H2,1-2H3,(H2,20,21,24)/t12-,17-/m1/s1. The van der Waals surface area contributed by atoms with Crippen molar-refractivity contribution in [1.82, 2.24) is 15.5 Å². The third-order valence-electron chi connectivity index (χ3n) is 5.21. The molecule has 1 aromatic rings. The summed E-state index contributed by atoms with van der Waals surface area (Å²) in [6, 6.07) is 4.54. The van der Waals surface area contributed by atoms with Gasteiger partial charge in [0.05, 0.1) is 44.2 Å². The Kier molecular flexibility index (Phi) is 4.65. The third-order valence-corrected chi connectivity index (χ3v) is 5.21. The van der Waals surface area contributed by atoms with E-state index >= 15 is 0 Å². The van der Waals surface area contributed by atoms with Gasteiger partial charge in [-0.3, -0.25) is 4.79 Å². The molecule has 0 aliphatic carbocycles. The molecule has 0 aromatic heterocycles. The molecule has 0 saturated carbocycles. The number of ether oxygens (including phenoxy) is 3. The van der Waals surface area contributed by atoms with E-state index < -0.39 is 6.04 Å². The number of methoxy groups -OCH3 is 2. The lowest BCUT2D eigenvalue weighted by Crippen LogP contribution is -2.44. The van der Waals surface area contributed by atoms with Crippen molar-refractivity contribution in [2.75, 3.05) is 33.9 Å². The smallest absolute Gasteiger partial charge is 0.319 e. The molecule has 0 bridgehead atoms. The third kappa shape index (κ3) is 3.21. The van der Waals surface area contributed by atoms with E-state index in [0.29, 0.717) is 35.9 Å². The van der Waals surface area contributed by atoms with Crippen LogP contribution in [-0.2, 0) is 9.53 Å². The van der Waals surface area contributed by atoms with Crippen LogP contribution in [0.3, 0.4) is 0 Å². The fourth-order valence-corrected chi connectivity index (χ4v) is 3.89. The lowest BCUT2D eigenvalue weighted by atomic mass is 9.96. The number of carbonyl (C=O) groups excluding carboxylic acids is 2. The molecule has 0 unspecified atom stereocenters. The molecule has 8 nitrogen and oxygen atoms in total. The van der Waals surface area contributed by atoms with Crippen LogP contribution in [0.15, 0.2) is 29.5 Å². The molecule has 27 heavy (non-hydrogen) atoms. The van der Waals surface area contributed by atoms with Crippen molar-refractivity contribution >= 4 is 11.9 Å². The lowest BCUT2D eigenvalue weighted by molar-refractivity contribution is -0.127. The number of carbonyl (C=O) groups is 2. The number of nitrogens with zero attached hydrogens (tertiary/aromatic N) is 1. The zero-order valence-electron chi connectivity index (χ0n) is 15.4. The summed E-state index contributed by atoms with van der Waals surface area (Å²) in [5.74, 6) is 1.06. The van der Waals surface area contributed by atoms with E-state index in [9.17, 15) is 9.59 Å². The Labute approximate surface area is 157 Å². The van der Waals surface area contributed by atoms with Crippen LogP contribution in [0.1, 0.15) is 24.4 Å². The maximum absolute atomic E-state index is 13.1. The van der Waals surface area contributed by atoms with Crippen LogP contribution < -0.4 is 20.1 Å². The highest BCUT2D eigenvalue weighted by atomic mass is 16.5. The molecule has 144 valence electrons. The second-order valence-electron chi connectivity index (χ2n) is 6.86. The van der Waals surface area contributed by atoms with Gasteiger partial charge in [-0.1, -0.05) is 6.07 Å². The maximum Gasteiger partial charge on any atom is 0.319 e. The first-order valence-electron chi connectivity index (χ1n) is 9.04. The fourth-order valence-electron chi connectivity index (χ4n) is 3.89. The van der Waals surface area contributed by atoms with Crippen LogP contribution in [-0.4, -0.2) is 56.9 Å². The van der Waals surface area contributed by atoms with Gasteiger partial charge in [-0.2, -0.15) is 0 Å². The van der Waals surface area contributed by atoms with E-state index in [-0.39, 0.29) is 18.0 Å². The largest absolute Gasteiger partial charge is 0.493 e. The highest BCUT2D eigenvalue weighted by molar-refractivity contribution is 6.01. The summed E-state index contributed by atoms with van der Waals surface area (Å²) < 4.78 is 16.3. The van der Waals surface area contributed by atoms with Crippen molar-refractivity contribution in [2.24, 2.45) is 0 Å². The normalized spacial score (nSPS) is 24.6. The van der Waals surface area contributed by atoms with Crippen LogP contribution in [0.5, 0.6) is 11.5 Å². The summed E-state index contributed by atoms with van der Waals surface area (Å²) in [5, 5.41) is 5.64. The van der Waals surface area contributed by atoms with Crippen molar-refractivity contribution in [3.63, 3.8) is 0 Å². The van der Waals surface area contributed by atoms with E-state index in [0.717, 1.165) is 25.0 Å². The van der Waals surface area contributed by atoms with Crippen LogP contribution in [0.25, 0.3) is 0 Å². The molecule has 3 heterocycles. The number of nitrogens with one attached hydrogen (secondary N) is 2. The first-order valence-corrected chi connectivity index (χ1v) is 9.04. The average Bonchev–Trinajstić information content (AvgIpc) is 3.29. The van der Waals surface area contributed by atoms with E-state index in [1.165, 1.54) is 0 Å². The number of amides is 3. The van der Waals surface area contributed by atoms with E-state index in [1.807, 2.05) is 6.07 Å². The predicted octanol–water partition coefficient (Wildman–Crippen LogP) is 1.33. The predicted molar refractivity (Wildman–Crippen MR) is 96.5 cm³/mol. The van der Waals surface area contributed by atoms with Gasteiger partial charge in [0.25, 0.3) is 5.91 Å². The van der Waals surface area contributed by atoms with E-state index in [2.05, 4.69) is 10.6 Å². The molecule has 1 saturated heterocycles. The van der Waals surface area contributed by atoms with Gasteiger partial charge in [-0.25, -0.2) is 4.79 Å². The molecule has 0 radical (unpaired) electrons. The molecule has 3 aliphatic rings. The van der Waals surface area contributed by atoms with Crippen molar-refractivity contribution < 1.29 is 23.8 Å². The van der Waals surface area contributed by atoms with Gasteiger partial charge in [0.2, 0.25) is 0 Å². The molecule has 0 spiro atoms. The molecular weight excluding hydrogens is 350 g/mol. The molecule has 2 N–H and O–H groups in total. The summed E-state index contributed by atoms with van der Waals surface area (Å²) in [4.78, 5) is 27.0. The van der Waals surface area contributed by atoms with Gasteiger partial charge in [0.1, 0.15) is 0 Å². The van der Waals surface area contributed by atoms with Crippen molar-refractivity contribution in [1.29, 1.82) is 0 Å². The van der Waals surface area contributed by atoms with Crippen molar-refractivity contribution in [3.8, 4) is 11.5 Å². The molecule has 1 aromatic carbocycles. The Hall–Kier alpha value is -2.74. The monoisotopic (exact) mass is 373 g/mol. The van der Waals surface area contributed by atoms with Gasteiger partial charge >= 0.3 is 6.03 Å². The zero-order chi connectivity index (χ0) is 19.0. The van der Waals surface area contributed by atoms with E-state index in [1.54, 1.807) is 31.3 Å². The van der Waals surface area contributed by atoms with Crippen LogP contribution in [0, 0.1) is 0 Å². The SMILES string of the molecule is COc1ccc([C@H]2NC(=O)NC3=C2C(=O)N(C[C@H]2CCCO2)C3)cc1OC. The van der Waals surface area contributed by atoms with Crippen molar-refractivity contribution in [3.05, 3.63) is 35.0 Å². The number of urea groups is 1. The minimum absolute atomic E-state index is 0.0681.